The van der Waals surface area contributed by atoms with Gasteiger partial charge in [0.1, 0.15) is 0 Å². The predicted octanol–water partition coefficient (Wildman–Crippen LogP) is 5.56. The van der Waals surface area contributed by atoms with Crippen molar-refractivity contribution >= 4 is 34.0 Å². The summed E-state index contributed by atoms with van der Waals surface area (Å²) in [5.41, 5.74) is 2.56. The molecule has 0 spiro atoms. The third-order valence-electron chi connectivity index (χ3n) is 3.38. The van der Waals surface area contributed by atoms with Crippen LogP contribution in [0.2, 0.25) is 5.02 Å². The van der Waals surface area contributed by atoms with Gasteiger partial charge in [-0.1, -0.05) is 66.2 Å². The number of nitriles is 1. The molecule has 0 aliphatic heterocycles. The van der Waals surface area contributed by atoms with Crippen LogP contribution in [-0.4, -0.2) is 0 Å². The van der Waals surface area contributed by atoms with E-state index in [2.05, 4.69) is 18.2 Å². The van der Waals surface area contributed by atoms with Gasteiger partial charge in [-0.15, -0.1) is 0 Å². The van der Waals surface area contributed by atoms with E-state index >= 15 is 0 Å². The van der Waals surface area contributed by atoms with Crippen LogP contribution >= 0.6 is 11.6 Å². The lowest BCUT2D eigenvalue weighted by Crippen LogP contribution is -1.85. The highest BCUT2D eigenvalue weighted by Crippen LogP contribution is 2.26. The van der Waals surface area contributed by atoms with E-state index in [4.69, 9.17) is 11.6 Å². The zero-order chi connectivity index (χ0) is 14.7. The van der Waals surface area contributed by atoms with Crippen LogP contribution in [0.15, 0.2) is 66.7 Å². The summed E-state index contributed by atoms with van der Waals surface area (Å²) in [4.78, 5) is 0. The van der Waals surface area contributed by atoms with Crippen molar-refractivity contribution in [1.29, 1.82) is 5.26 Å². The summed E-state index contributed by atoms with van der Waals surface area (Å²) < 4.78 is 0. The molecule has 0 N–H and O–H groups in total. The van der Waals surface area contributed by atoms with E-state index in [0.717, 1.165) is 21.9 Å². The molecule has 0 atom stereocenters. The maximum absolute atomic E-state index is 9.51. The number of allylic oxidation sites excluding steroid dienone is 1. The van der Waals surface area contributed by atoms with Crippen LogP contribution in [0.3, 0.4) is 0 Å². The van der Waals surface area contributed by atoms with Gasteiger partial charge in [-0.05, 0) is 34.5 Å². The summed E-state index contributed by atoms with van der Waals surface area (Å²) in [7, 11) is 0. The number of nitrogens with zero attached hydrogens (tertiary/aromatic N) is 1. The Bertz CT molecular complexity index is 849. The van der Waals surface area contributed by atoms with Crippen LogP contribution in [0.25, 0.3) is 22.4 Å². The minimum Gasteiger partial charge on any atom is -0.192 e. The number of hydrogen-bond donors (Lipinski definition) is 0. The molecule has 0 aliphatic rings. The minimum atomic E-state index is 0.647. The molecule has 0 saturated carbocycles. The first kappa shape index (κ1) is 13.4. The molecule has 100 valence electrons. The van der Waals surface area contributed by atoms with Gasteiger partial charge in [0.25, 0.3) is 0 Å². The molecule has 0 aliphatic carbocycles. The summed E-state index contributed by atoms with van der Waals surface area (Å²) >= 11 is 5.89. The Hall–Kier alpha value is -2.56. The number of benzene rings is 3. The van der Waals surface area contributed by atoms with E-state index in [-0.39, 0.29) is 0 Å². The average Bonchev–Trinajstić information content (AvgIpc) is 2.54. The number of rotatable bonds is 2. The molecule has 0 radical (unpaired) electrons. The Labute approximate surface area is 128 Å². The summed E-state index contributed by atoms with van der Waals surface area (Å²) in [6.45, 7) is 0. The fraction of sp³-hybridized carbons (Fsp3) is 0. The lowest BCUT2D eigenvalue weighted by atomic mass is 9.97. The number of halogens is 1. The Kier molecular flexibility index (Phi) is 3.73. The maximum Gasteiger partial charge on any atom is 0.0998 e. The van der Waals surface area contributed by atoms with Gasteiger partial charge in [0, 0.05) is 10.6 Å². The highest BCUT2D eigenvalue weighted by molar-refractivity contribution is 6.30. The minimum absolute atomic E-state index is 0.647. The lowest BCUT2D eigenvalue weighted by molar-refractivity contribution is 1.53. The standard InChI is InChI=1S/C19H12ClN/c20-17-10-8-14(9-11-17)12-16(13-21)19-7-3-5-15-4-1-2-6-18(15)19/h1-12H/b16-12-. The van der Waals surface area contributed by atoms with Gasteiger partial charge < -0.3 is 0 Å². The van der Waals surface area contributed by atoms with Crippen LogP contribution in [0.4, 0.5) is 0 Å². The highest BCUT2D eigenvalue weighted by atomic mass is 35.5. The Morgan fingerprint density at radius 3 is 2.38 bits per heavy atom. The first-order chi connectivity index (χ1) is 10.3. The molecule has 0 aromatic heterocycles. The van der Waals surface area contributed by atoms with Crippen molar-refractivity contribution in [3.05, 3.63) is 82.9 Å². The number of fused-ring (bicyclic) bond motifs is 1. The predicted molar refractivity (Wildman–Crippen MR) is 88.9 cm³/mol. The quantitative estimate of drug-likeness (QED) is 0.448. The van der Waals surface area contributed by atoms with E-state index in [9.17, 15) is 5.26 Å². The van der Waals surface area contributed by atoms with Crippen molar-refractivity contribution in [2.24, 2.45) is 0 Å². The topological polar surface area (TPSA) is 23.8 Å². The van der Waals surface area contributed by atoms with Crippen molar-refractivity contribution < 1.29 is 0 Å². The smallest absolute Gasteiger partial charge is 0.0998 e. The summed E-state index contributed by atoms with van der Waals surface area (Å²) in [6.07, 6.45) is 1.89. The molecule has 21 heavy (non-hydrogen) atoms. The fourth-order valence-corrected chi connectivity index (χ4v) is 2.48. The van der Waals surface area contributed by atoms with Gasteiger partial charge in [0.2, 0.25) is 0 Å². The van der Waals surface area contributed by atoms with Gasteiger partial charge >= 0.3 is 0 Å². The second kappa shape index (κ2) is 5.83. The molecule has 0 heterocycles. The zero-order valence-corrected chi connectivity index (χ0v) is 12.0. The summed E-state index contributed by atoms with van der Waals surface area (Å²) in [5, 5.41) is 12.4. The van der Waals surface area contributed by atoms with Crippen molar-refractivity contribution in [2.75, 3.05) is 0 Å². The monoisotopic (exact) mass is 289 g/mol. The van der Waals surface area contributed by atoms with Crippen LogP contribution in [0, 0.1) is 11.3 Å². The average molecular weight is 290 g/mol. The molecule has 0 bridgehead atoms. The van der Waals surface area contributed by atoms with Crippen LogP contribution in [-0.2, 0) is 0 Å². The number of hydrogen-bond acceptors (Lipinski definition) is 1. The molecule has 0 saturated heterocycles. The second-order valence-corrected chi connectivity index (χ2v) is 5.18. The van der Waals surface area contributed by atoms with E-state index < -0.39 is 0 Å². The molecule has 3 aromatic rings. The lowest BCUT2D eigenvalue weighted by Gasteiger charge is -2.05. The van der Waals surface area contributed by atoms with Gasteiger partial charge in [-0.3, -0.25) is 0 Å². The van der Waals surface area contributed by atoms with E-state index in [1.165, 1.54) is 0 Å². The normalized spacial score (nSPS) is 11.3. The first-order valence-corrected chi connectivity index (χ1v) is 7.01. The summed E-state index contributed by atoms with van der Waals surface area (Å²) in [5.74, 6) is 0. The van der Waals surface area contributed by atoms with Crippen molar-refractivity contribution in [3.63, 3.8) is 0 Å². The second-order valence-electron chi connectivity index (χ2n) is 4.75. The van der Waals surface area contributed by atoms with Gasteiger partial charge in [0.05, 0.1) is 11.6 Å². The highest BCUT2D eigenvalue weighted by Gasteiger charge is 2.05. The van der Waals surface area contributed by atoms with Crippen LogP contribution in [0.5, 0.6) is 0 Å². The van der Waals surface area contributed by atoms with E-state index in [1.807, 2.05) is 60.7 Å². The molecule has 2 heteroatoms. The molecule has 0 unspecified atom stereocenters. The molecular weight excluding hydrogens is 278 g/mol. The van der Waals surface area contributed by atoms with Crippen molar-refractivity contribution in [2.45, 2.75) is 0 Å². The Balaban J connectivity index is 2.15. The van der Waals surface area contributed by atoms with Crippen molar-refractivity contribution in [1.82, 2.24) is 0 Å². The van der Waals surface area contributed by atoms with Gasteiger partial charge in [0.15, 0.2) is 0 Å². The molecule has 0 amide bonds. The molecular formula is C19H12ClN. The third-order valence-corrected chi connectivity index (χ3v) is 3.63. The third kappa shape index (κ3) is 2.81. The van der Waals surface area contributed by atoms with E-state index in [1.54, 1.807) is 0 Å². The zero-order valence-electron chi connectivity index (χ0n) is 11.3. The Morgan fingerprint density at radius 2 is 1.62 bits per heavy atom. The van der Waals surface area contributed by atoms with Crippen molar-refractivity contribution in [3.8, 4) is 6.07 Å². The fourth-order valence-electron chi connectivity index (χ4n) is 2.36. The maximum atomic E-state index is 9.51. The molecule has 3 aromatic carbocycles. The van der Waals surface area contributed by atoms with Crippen LogP contribution in [0.1, 0.15) is 11.1 Å². The first-order valence-electron chi connectivity index (χ1n) is 6.63. The van der Waals surface area contributed by atoms with E-state index in [0.29, 0.717) is 10.6 Å². The molecule has 0 fully saturated rings. The SMILES string of the molecule is N#C/C(=C/c1ccc(Cl)cc1)c1cccc2ccccc12. The van der Waals surface area contributed by atoms with Gasteiger partial charge in [-0.2, -0.15) is 5.26 Å². The largest absolute Gasteiger partial charge is 0.192 e. The van der Waals surface area contributed by atoms with Gasteiger partial charge in [-0.25, -0.2) is 0 Å². The summed E-state index contributed by atoms with van der Waals surface area (Å²) in [6, 6.07) is 23.9. The Morgan fingerprint density at radius 1 is 0.905 bits per heavy atom. The molecule has 3 rings (SSSR count). The van der Waals surface area contributed by atoms with Crippen LogP contribution < -0.4 is 0 Å². The molecule has 1 nitrogen and oxygen atoms in total.